The molecule has 1 saturated heterocycles. The molecule has 0 radical (unpaired) electrons. The van der Waals surface area contributed by atoms with Crippen molar-refractivity contribution in [2.75, 3.05) is 18.9 Å². The van der Waals surface area contributed by atoms with Crippen molar-refractivity contribution in [2.45, 2.75) is 31.9 Å². The molecule has 2 atom stereocenters. The third kappa shape index (κ3) is 4.90. The molecule has 0 aromatic rings. The fraction of sp³-hybridized carbons (Fsp3) is 1.00. The highest BCUT2D eigenvalue weighted by Gasteiger charge is 2.20. The second kappa shape index (κ2) is 5.06. The lowest BCUT2D eigenvalue weighted by Crippen LogP contribution is -2.31. The van der Waals surface area contributed by atoms with E-state index in [0.717, 1.165) is 6.42 Å². The molecule has 0 bridgehead atoms. The molecule has 0 amide bonds. The van der Waals surface area contributed by atoms with Gasteiger partial charge in [-0.05, 0) is 26.3 Å². The third-order valence-corrected chi connectivity index (χ3v) is 3.02. The molecule has 0 aromatic carbocycles. The van der Waals surface area contributed by atoms with Crippen molar-refractivity contribution in [3.63, 3.8) is 0 Å². The Morgan fingerprint density at radius 2 is 2.29 bits per heavy atom. The molecule has 14 heavy (non-hydrogen) atoms. The van der Waals surface area contributed by atoms with Crippen molar-refractivity contribution in [3.05, 3.63) is 0 Å². The summed E-state index contributed by atoms with van der Waals surface area (Å²) in [6.07, 6.45) is 1.68. The number of hydrogen-bond acceptors (Lipinski definition) is 4. The number of ether oxygens (including phenoxy) is 1. The summed E-state index contributed by atoms with van der Waals surface area (Å²) in [4.78, 5) is 0. The molecular formula is C8H17NO4S. The largest absolute Gasteiger partial charge is 0.377 e. The van der Waals surface area contributed by atoms with Gasteiger partial charge in [0.1, 0.15) is 0 Å². The second-order valence-electron chi connectivity index (χ2n) is 3.67. The van der Waals surface area contributed by atoms with Crippen molar-refractivity contribution in [2.24, 2.45) is 0 Å². The lowest BCUT2D eigenvalue weighted by Gasteiger charge is -2.09. The van der Waals surface area contributed by atoms with Gasteiger partial charge < -0.3 is 10.1 Å². The van der Waals surface area contributed by atoms with Gasteiger partial charge in [0.25, 0.3) is 10.1 Å². The highest BCUT2D eigenvalue weighted by Crippen LogP contribution is 2.11. The van der Waals surface area contributed by atoms with Crippen LogP contribution >= 0.6 is 0 Å². The van der Waals surface area contributed by atoms with E-state index in [9.17, 15) is 8.42 Å². The molecule has 0 spiro atoms. The van der Waals surface area contributed by atoms with Crippen LogP contribution in [-0.4, -0.2) is 44.0 Å². The highest BCUT2D eigenvalue weighted by molar-refractivity contribution is 7.85. The topological polar surface area (TPSA) is 75.6 Å². The van der Waals surface area contributed by atoms with E-state index in [1.54, 1.807) is 0 Å². The molecule has 1 rings (SSSR count). The van der Waals surface area contributed by atoms with Gasteiger partial charge >= 0.3 is 0 Å². The first kappa shape index (κ1) is 11.9. The fourth-order valence-electron chi connectivity index (χ4n) is 1.52. The summed E-state index contributed by atoms with van der Waals surface area (Å²) >= 11 is 0. The summed E-state index contributed by atoms with van der Waals surface area (Å²) in [6.45, 7) is 3.30. The second-order valence-corrected chi connectivity index (χ2v) is 5.24. The van der Waals surface area contributed by atoms with E-state index in [2.05, 4.69) is 5.32 Å². The maximum absolute atomic E-state index is 10.4. The molecule has 1 aliphatic rings. The van der Waals surface area contributed by atoms with Crippen LogP contribution in [0, 0.1) is 0 Å². The van der Waals surface area contributed by atoms with E-state index in [1.807, 2.05) is 6.92 Å². The summed E-state index contributed by atoms with van der Waals surface area (Å²) in [5.41, 5.74) is 0. The van der Waals surface area contributed by atoms with Gasteiger partial charge in [-0.2, -0.15) is 8.42 Å². The fourth-order valence-corrected chi connectivity index (χ4v) is 2.03. The molecule has 1 aliphatic heterocycles. The Bertz CT molecular complexity index is 265. The summed E-state index contributed by atoms with van der Waals surface area (Å²) in [5, 5.41) is 3.18. The quantitative estimate of drug-likeness (QED) is 0.508. The maximum atomic E-state index is 10.4. The van der Waals surface area contributed by atoms with Gasteiger partial charge in [-0.3, -0.25) is 4.55 Å². The zero-order chi connectivity index (χ0) is 10.6. The standard InChI is InChI=1S/C8H17NO4S/c1-7-5-8(6-13-7)9-3-2-4-14(10,11)12/h7-9H,2-6H2,1H3,(H,10,11,12). The predicted octanol–water partition coefficient (Wildman–Crippen LogP) is 0.0313. The average molecular weight is 223 g/mol. The lowest BCUT2D eigenvalue weighted by molar-refractivity contribution is 0.122. The van der Waals surface area contributed by atoms with Gasteiger partial charge in [0.15, 0.2) is 0 Å². The summed E-state index contributed by atoms with van der Waals surface area (Å²) in [5.74, 6) is -0.177. The minimum Gasteiger partial charge on any atom is -0.377 e. The molecule has 1 fully saturated rings. The van der Waals surface area contributed by atoms with Crippen molar-refractivity contribution in [3.8, 4) is 0 Å². The van der Waals surface area contributed by atoms with Crippen LogP contribution in [0.25, 0.3) is 0 Å². The normalized spacial score (nSPS) is 28.1. The van der Waals surface area contributed by atoms with E-state index in [1.165, 1.54) is 0 Å². The van der Waals surface area contributed by atoms with Crippen LogP contribution in [0.2, 0.25) is 0 Å². The van der Waals surface area contributed by atoms with Gasteiger partial charge in [-0.15, -0.1) is 0 Å². The molecule has 1 heterocycles. The Balaban J connectivity index is 2.05. The molecule has 2 unspecified atom stereocenters. The SMILES string of the molecule is CC1CC(NCCCS(=O)(=O)O)CO1. The Morgan fingerprint density at radius 1 is 1.57 bits per heavy atom. The van der Waals surface area contributed by atoms with Gasteiger partial charge in [0.2, 0.25) is 0 Å². The van der Waals surface area contributed by atoms with Crippen molar-refractivity contribution in [1.82, 2.24) is 5.32 Å². The van der Waals surface area contributed by atoms with Crippen LogP contribution < -0.4 is 5.32 Å². The van der Waals surface area contributed by atoms with E-state index >= 15 is 0 Å². The van der Waals surface area contributed by atoms with Crippen LogP contribution in [0.1, 0.15) is 19.8 Å². The van der Waals surface area contributed by atoms with Crippen molar-refractivity contribution >= 4 is 10.1 Å². The van der Waals surface area contributed by atoms with Crippen LogP contribution in [0.4, 0.5) is 0 Å². The molecule has 84 valence electrons. The molecule has 2 N–H and O–H groups in total. The van der Waals surface area contributed by atoms with Gasteiger partial charge in [0, 0.05) is 6.04 Å². The van der Waals surface area contributed by atoms with E-state index in [0.29, 0.717) is 25.6 Å². The molecule has 0 aliphatic carbocycles. The van der Waals surface area contributed by atoms with E-state index < -0.39 is 10.1 Å². The van der Waals surface area contributed by atoms with Gasteiger partial charge in [-0.25, -0.2) is 0 Å². The lowest BCUT2D eigenvalue weighted by atomic mass is 10.2. The Labute approximate surface area is 84.6 Å². The third-order valence-electron chi connectivity index (χ3n) is 2.21. The molecule has 0 aromatic heterocycles. The summed E-state index contributed by atoms with van der Waals surface area (Å²) in [6, 6.07) is 0.325. The smallest absolute Gasteiger partial charge is 0.264 e. The molecule has 5 nitrogen and oxygen atoms in total. The minimum atomic E-state index is -3.80. The first-order valence-electron chi connectivity index (χ1n) is 4.77. The number of nitrogens with one attached hydrogen (secondary N) is 1. The van der Waals surface area contributed by atoms with Gasteiger partial charge in [0.05, 0.1) is 18.5 Å². The Morgan fingerprint density at radius 3 is 2.79 bits per heavy atom. The van der Waals surface area contributed by atoms with E-state index in [-0.39, 0.29) is 11.9 Å². The van der Waals surface area contributed by atoms with Gasteiger partial charge in [-0.1, -0.05) is 0 Å². The highest BCUT2D eigenvalue weighted by atomic mass is 32.2. The number of rotatable bonds is 5. The van der Waals surface area contributed by atoms with Crippen LogP contribution in [0.3, 0.4) is 0 Å². The van der Waals surface area contributed by atoms with Crippen LogP contribution in [-0.2, 0) is 14.9 Å². The van der Waals surface area contributed by atoms with E-state index in [4.69, 9.17) is 9.29 Å². The molecular weight excluding hydrogens is 206 g/mol. The Kier molecular flexibility index (Phi) is 4.31. The minimum absolute atomic E-state index is 0.177. The average Bonchev–Trinajstić information content (AvgIpc) is 2.44. The first-order chi connectivity index (χ1) is 6.47. The predicted molar refractivity (Wildman–Crippen MR) is 52.9 cm³/mol. The van der Waals surface area contributed by atoms with Crippen LogP contribution in [0.5, 0.6) is 0 Å². The molecule has 0 saturated carbocycles. The zero-order valence-corrected chi connectivity index (χ0v) is 9.09. The zero-order valence-electron chi connectivity index (χ0n) is 8.27. The monoisotopic (exact) mass is 223 g/mol. The van der Waals surface area contributed by atoms with Crippen molar-refractivity contribution in [1.29, 1.82) is 0 Å². The van der Waals surface area contributed by atoms with Crippen LogP contribution in [0.15, 0.2) is 0 Å². The molecule has 6 heteroatoms. The maximum Gasteiger partial charge on any atom is 0.264 e. The summed E-state index contributed by atoms with van der Waals surface area (Å²) < 4.78 is 34.6. The number of hydrogen-bond donors (Lipinski definition) is 2. The Hall–Kier alpha value is -0.170. The summed E-state index contributed by atoms with van der Waals surface area (Å²) in [7, 11) is -3.80. The first-order valence-corrected chi connectivity index (χ1v) is 6.38. The van der Waals surface area contributed by atoms with Crippen molar-refractivity contribution < 1.29 is 17.7 Å².